The van der Waals surface area contributed by atoms with E-state index in [0.29, 0.717) is 6.54 Å². The molecule has 1 heterocycles. The third kappa shape index (κ3) is 4.43. The summed E-state index contributed by atoms with van der Waals surface area (Å²) in [6.07, 6.45) is 0.346. The highest BCUT2D eigenvalue weighted by molar-refractivity contribution is 5.92. The Kier molecular flexibility index (Phi) is 5.28. The summed E-state index contributed by atoms with van der Waals surface area (Å²) in [5.74, 6) is 0.0174. The monoisotopic (exact) mass is 324 g/mol. The number of nitrogens with zero attached hydrogens (tertiary/aromatic N) is 1. The van der Waals surface area contributed by atoms with Crippen LogP contribution in [0.5, 0.6) is 0 Å². The van der Waals surface area contributed by atoms with Gasteiger partial charge in [-0.05, 0) is 37.1 Å². The first-order valence-corrected chi connectivity index (χ1v) is 8.43. The summed E-state index contributed by atoms with van der Waals surface area (Å²) in [5.41, 5.74) is 3.14. The van der Waals surface area contributed by atoms with Crippen LogP contribution in [0.4, 0.5) is 5.69 Å². The third-order valence-corrected chi connectivity index (χ3v) is 4.14. The van der Waals surface area contributed by atoms with Crippen molar-refractivity contribution in [3.63, 3.8) is 0 Å². The van der Waals surface area contributed by atoms with Crippen molar-refractivity contribution >= 4 is 11.6 Å². The SMILES string of the molecule is CC1CN(CC(=O)Nc2ccc(-c3ccccc3)cc2)CC(C)O1. The van der Waals surface area contributed by atoms with Crippen LogP contribution in [-0.4, -0.2) is 42.6 Å². The third-order valence-electron chi connectivity index (χ3n) is 4.14. The van der Waals surface area contributed by atoms with Gasteiger partial charge >= 0.3 is 0 Å². The van der Waals surface area contributed by atoms with Crippen LogP contribution in [0.3, 0.4) is 0 Å². The van der Waals surface area contributed by atoms with Crippen molar-refractivity contribution < 1.29 is 9.53 Å². The van der Waals surface area contributed by atoms with E-state index in [0.717, 1.165) is 24.3 Å². The van der Waals surface area contributed by atoms with Crippen molar-refractivity contribution in [3.8, 4) is 11.1 Å². The number of benzene rings is 2. The van der Waals surface area contributed by atoms with Gasteiger partial charge in [0.2, 0.25) is 5.91 Å². The molecule has 0 radical (unpaired) electrons. The number of rotatable bonds is 4. The molecule has 126 valence electrons. The molecular weight excluding hydrogens is 300 g/mol. The van der Waals surface area contributed by atoms with Crippen LogP contribution < -0.4 is 5.32 Å². The lowest BCUT2D eigenvalue weighted by molar-refractivity contribution is -0.121. The second-order valence-corrected chi connectivity index (χ2v) is 6.44. The highest BCUT2D eigenvalue weighted by Gasteiger charge is 2.23. The van der Waals surface area contributed by atoms with Crippen molar-refractivity contribution in [2.24, 2.45) is 0 Å². The van der Waals surface area contributed by atoms with Gasteiger partial charge in [-0.15, -0.1) is 0 Å². The Hall–Kier alpha value is -2.17. The highest BCUT2D eigenvalue weighted by Crippen LogP contribution is 2.21. The van der Waals surface area contributed by atoms with Crippen molar-refractivity contribution in [2.45, 2.75) is 26.1 Å². The molecule has 2 unspecified atom stereocenters. The topological polar surface area (TPSA) is 41.6 Å². The molecule has 24 heavy (non-hydrogen) atoms. The summed E-state index contributed by atoms with van der Waals surface area (Å²) in [6.45, 7) is 6.08. The number of morpholine rings is 1. The van der Waals surface area contributed by atoms with Crippen LogP contribution in [-0.2, 0) is 9.53 Å². The van der Waals surface area contributed by atoms with Gasteiger partial charge in [0.25, 0.3) is 0 Å². The van der Waals surface area contributed by atoms with Crippen LogP contribution in [0, 0.1) is 0 Å². The molecule has 4 heteroatoms. The number of hydrogen-bond donors (Lipinski definition) is 1. The zero-order valence-corrected chi connectivity index (χ0v) is 14.2. The molecule has 0 saturated carbocycles. The second kappa shape index (κ2) is 7.60. The average molecular weight is 324 g/mol. The summed E-state index contributed by atoms with van der Waals surface area (Å²) < 4.78 is 5.70. The van der Waals surface area contributed by atoms with Crippen molar-refractivity contribution in [1.82, 2.24) is 4.90 Å². The maximum Gasteiger partial charge on any atom is 0.238 e. The predicted octanol–water partition coefficient (Wildman–Crippen LogP) is 3.40. The van der Waals surface area contributed by atoms with E-state index in [2.05, 4.69) is 22.3 Å². The quantitative estimate of drug-likeness (QED) is 0.937. The molecule has 4 nitrogen and oxygen atoms in total. The number of carbonyl (C=O) groups is 1. The fraction of sp³-hybridized carbons (Fsp3) is 0.350. The molecule has 1 N–H and O–H groups in total. The van der Waals surface area contributed by atoms with E-state index < -0.39 is 0 Å². The summed E-state index contributed by atoms with van der Waals surface area (Å²) >= 11 is 0. The smallest absolute Gasteiger partial charge is 0.238 e. The number of ether oxygens (including phenoxy) is 1. The van der Waals surface area contributed by atoms with Crippen LogP contribution in [0.1, 0.15) is 13.8 Å². The maximum absolute atomic E-state index is 12.3. The van der Waals surface area contributed by atoms with Gasteiger partial charge in [-0.1, -0.05) is 42.5 Å². The number of carbonyl (C=O) groups excluding carboxylic acids is 1. The van der Waals surface area contributed by atoms with Crippen molar-refractivity contribution in [2.75, 3.05) is 25.0 Å². The van der Waals surface area contributed by atoms with Gasteiger partial charge in [0, 0.05) is 18.8 Å². The van der Waals surface area contributed by atoms with E-state index in [1.54, 1.807) is 0 Å². The van der Waals surface area contributed by atoms with Gasteiger partial charge < -0.3 is 10.1 Å². The molecular formula is C20H24N2O2. The van der Waals surface area contributed by atoms with Gasteiger partial charge in [-0.3, -0.25) is 9.69 Å². The Bertz CT molecular complexity index is 660. The zero-order valence-electron chi connectivity index (χ0n) is 14.2. The first kappa shape index (κ1) is 16.7. The lowest BCUT2D eigenvalue weighted by Crippen LogP contribution is -2.48. The Morgan fingerprint density at radius 2 is 1.58 bits per heavy atom. The van der Waals surface area contributed by atoms with Gasteiger partial charge in [-0.25, -0.2) is 0 Å². The van der Waals surface area contributed by atoms with Crippen LogP contribution in [0.25, 0.3) is 11.1 Å². The molecule has 0 aromatic heterocycles. The van der Waals surface area contributed by atoms with Gasteiger partial charge in [0.1, 0.15) is 0 Å². The van der Waals surface area contributed by atoms with Crippen molar-refractivity contribution in [1.29, 1.82) is 0 Å². The number of hydrogen-bond acceptors (Lipinski definition) is 3. The van der Waals surface area contributed by atoms with Gasteiger partial charge in [0.05, 0.1) is 18.8 Å². The minimum Gasteiger partial charge on any atom is -0.373 e. The molecule has 1 aliphatic heterocycles. The normalized spacial score (nSPS) is 21.4. The van der Waals surface area contributed by atoms with Crippen LogP contribution in [0.2, 0.25) is 0 Å². The standard InChI is InChI=1S/C20H24N2O2/c1-15-12-22(13-16(2)24-15)14-20(23)21-19-10-8-18(9-11-19)17-6-4-3-5-7-17/h3-11,15-16H,12-14H2,1-2H3,(H,21,23). The predicted molar refractivity (Wildman–Crippen MR) is 97.0 cm³/mol. The molecule has 3 rings (SSSR count). The van der Waals surface area contributed by atoms with E-state index in [1.165, 1.54) is 5.56 Å². The summed E-state index contributed by atoms with van der Waals surface area (Å²) in [6, 6.07) is 18.2. The van der Waals surface area contributed by atoms with E-state index in [-0.39, 0.29) is 18.1 Å². The first-order valence-electron chi connectivity index (χ1n) is 8.43. The molecule has 1 fully saturated rings. The molecule has 2 aromatic rings. The fourth-order valence-corrected chi connectivity index (χ4v) is 3.19. The Labute approximate surface area is 143 Å². The molecule has 2 aromatic carbocycles. The summed E-state index contributed by atoms with van der Waals surface area (Å²) in [7, 11) is 0. The average Bonchev–Trinajstić information content (AvgIpc) is 2.55. The largest absolute Gasteiger partial charge is 0.373 e. The summed E-state index contributed by atoms with van der Waals surface area (Å²) in [5, 5.41) is 2.98. The van der Waals surface area contributed by atoms with Gasteiger partial charge in [0.15, 0.2) is 0 Å². The lowest BCUT2D eigenvalue weighted by atomic mass is 10.1. The van der Waals surface area contributed by atoms with Gasteiger partial charge in [-0.2, -0.15) is 0 Å². The highest BCUT2D eigenvalue weighted by atomic mass is 16.5. The number of amides is 1. The number of anilines is 1. The molecule has 1 amide bonds. The van der Waals surface area contributed by atoms with E-state index in [1.807, 2.05) is 56.3 Å². The molecule has 0 aliphatic carbocycles. The van der Waals surface area contributed by atoms with E-state index >= 15 is 0 Å². The number of nitrogens with one attached hydrogen (secondary N) is 1. The zero-order chi connectivity index (χ0) is 16.9. The second-order valence-electron chi connectivity index (χ2n) is 6.44. The Balaban J connectivity index is 1.57. The minimum absolute atomic E-state index is 0.0174. The van der Waals surface area contributed by atoms with Crippen molar-refractivity contribution in [3.05, 3.63) is 54.6 Å². The molecule has 0 bridgehead atoms. The fourth-order valence-electron chi connectivity index (χ4n) is 3.19. The van der Waals surface area contributed by atoms with E-state index in [4.69, 9.17) is 4.74 Å². The maximum atomic E-state index is 12.3. The molecule has 1 saturated heterocycles. The van der Waals surface area contributed by atoms with E-state index in [9.17, 15) is 4.79 Å². The molecule has 2 atom stereocenters. The lowest BCUT2D eigenvalue weighted by Gasteiger charge is -2.34. The van der Waals surface area contributed by atoms with Crippen LogP contribution >= 0.6 is 0 Å². The Morgan fingerprint density at radius 3 is 2.21 bits per heavy atom. The summed E-state index contributed by atoms with van der Waals surface area (Å²) in [4.78, 5) is 14.4. The molecule has 0 spiro atoms. The molecule has 1 aliphatic rings. The Morgan fingerprint density at radius 1 is 1.00 bits per heavy atom. The minimum atomic E-state index is 0.0174. The first-order chi connectivity index (χ1) is 11.6. The van der Waals surface area contributed by atoms with Crippen LogP contribution in [0.15, 0.2) is 54.6 Å².